The third-order valence-corrected chi connectivity index (χ3v) is 10.1. The molecule has 3 aromatic rings. The molecule has 17 nitrogen and oxygen atoms in total. The lowest BCUT2D eigenvalue weighted by molar-refractivity contribution is -0.136. The van der Waals surface area contributed by atoms with Crippen molar-refractivity contribution in [2.45, 2.75) is 24.8 Å². The Morgan fingerprint density at radius 2 is 1.08 bits per heavy atom. The Morgan fingerprint density at radius 1 is 0.590 bits per heavy atom. The summed E-state index contributed by atoms with van der Waals surface area (Å²) in [6.07, 6.45) is -0.307. The maximum Gasteiger partial charge on any atom is 0.407 e. The van der Waals surface area contributed by atoms with E-state index in [2.05, 4.69) is 40.2 Å². The zero-order valence-electron chi connectivity index (χ0n) is 34.2. The van der Waals surface area contributed by atoms with Gasteiger partial charge in [-0.1, -0.05) is 54.6 Å². The van der Waals surface area contributed by atoms with Crippen LogP contribution in [0.3, 0.4) is 0 Å². The van der Waals surface area contributed by atoms with Crippen molar-refractivity contribution in [3.8, 4) is 11.1 Å². The second-order valence-electron chi connectivity index (χ2n) is 14.1. The van der Waals surface area contributed by atoms with Gasteiger partial charge in [0.15, 0.2) is 0 Å². The van der Waals surface area contributed by atoms with Crippen molar-refractivity contribution in [2.75, 3.05) is 118 Å². The number of nitrogens with zero attached hydrogens (tertiary/aromatic N) is 1. The summed E-state index contributed by atoms with van der Waals surface area (Å²) in [5, 5.41) is 8.07. The summed E-state index contributed by atoms with van der Waals surface area (Å²) in [6.45, 7) is 6.66. The molecule has 0 saturated carbocycles. The number of carbonyl (C=O) groups excluding carboxylic acids is 5. The minimum Gasteiger partial charge on any atom is -0.449 e. The molecule has 6 rings (SSSR count). The van der Waals surface area contributed by atoms with Crippen molar-refractivity contribution in [1.82, 2.24) is 15.5 Å². The van der Waals surface area contributed by atoms with Crippen molar-refractivity contribution in [3.05, 3.63) is 89.0 Å². The number of alkyl carbamates (subject to hydrolysis) is 1. The van der Waals surface area contributed by atoms with E-state index in [0.717, 1.165) is 4.90 Å². The molecule has 1 atom stereocenters. The van der Waals surface area contributed by atoms with E-state index in [1.807, 2.05) is 24.3 Å². The fourth-order valence-electron chi connectivity index (χ4n) is 7.22. The molecule has 5 amide bonds. The predicted molar refractivity (Wildman–Crippen MR) is 220 cm³/mol. The van der Waals surface area contributed by atoms with E-state index in [-0.39, 0.29) is 36.5 Å². The molecule has 3 aliphatic rings. The maximum absolute atomic E-state index is 13.2. The highest BCUT2D eigenvalue weighted by Crippen LogP contribution is 2.44. The van der Waals surface area contributed by atoms with Gasteiger partial charge in [0.05, 0.1) is 104 Å². The summed E-state index contributed by atoms with van der Waals surface area (Å²) in [5.74, 6) is -2.16. The number of fused-ring (bicyclic) bond motifs is 4. The van der Waals surface area contributed by atoms with Crippen molar-refractivity contribution < 1.29 is 61.9 Å². The van der Waals surface area contributed by atoms with Gasteiger partial charge in [0.2, 0.25) is 11.8 Å². The van der Waals surface area contributed by atoms with Crippen LogP contribution in [0.15, 0.2) is 66.7 Å². The van der Waals surface area contributed by atoms with Gasteiger partial charge in [-0.25, -0.2) is 4.79 Å². The van der Waals surface area contributed by atoms with E-state index in [0.29, 0.717) is 111 Å². The molecular weight excluding hydrogens is 792 g/mol. The average molecular weight is 847 g/mol. The molecule has 2 aliphatic heterocycles. The Morgan fingerprint density at radius 3 is 1.62 bits per heavy atom. The van der Waals surface area contributed by atoms with E-state index in [9.17, 15) is 24.0 Å². The van der Waals surface area contributed by atoms with Gasteiger partial charge in [-0.05, 0) is 40.8 Å². The van der Waals surface area contributed by atoms with Crippen molar-refractivity contribution in [2.24, 2.45) is 0 Å². The van der Waals surface area contributed by atoms with Gasteiger partial charge in [0, 0.05) is 31.1 Å². The number of rotatable bonds is 28. The van der Waals surface area contributed by atoms with E-state index in [4.69, 9.17) is 37.9 Å². The second kappa shape index (κ2) is 24.2. The highest BCUT2D eigenvalue weighted by atomic mass is 16.6. The third-order valence-electron chi connectivity index (χ3n) is 10.1. The number of ether oxygens (including phenoxy) is 8. The summed E-state index contributed by atoms with van der Waals surface area (Å²) < 4.78 is 44.2. The number of amides is 5. The van der Waals surface area contributed by atoms with Crippen molar-refractivity contribution in [3.63, 3.8) is 0 Å². The lowest BCUT2D eigenvalue weighted by Crippen LogP contribution is -2.54. The quantitative estimate of drug-likeness (QED) is 0.0712. The minimum atomic E-state index is -1.02. The van der Waals surface area contributed by atoms with Gasteiger partial charge in [-0.2, -0.15) is 0 Å². The molecule has 1 fully saturated rings. The van der Waals surface area contributed by atoms with Crippen LogP contribution in [-0.2, 0) is 47.5 Å². The zero-order chi connectivity index (χ0) is 42.7. The first-order valence-corrected chi connectivity index (χ1v) is 20.7. The van der Waals surface area contributed by atoms with E-state index in [1.165, 1.54) is 22.3 Å². The molecule has 3 aromatic carbocycles. The van der Waals surface area contributed by atoms with E-state index < -0.39 is 35.8 Å². The Labute approximate surface area is 354 Å². The molecule has 328 valence electrons. The number of benzene rings is 3. The molecule has 0 spiro atoms. The summed E-state index contributed by atoms with van der Waals surface area (Å²) in [4.78, 5) is 63.2. The number of nitrogens with one attached hydrogen (secondary N) is 3. The Hall–Kier alpha value is -5.27. The Kier molecular flexibility index (Phi) is 18.0. The molecule has 17 heteroatoms. The van der Waals surface area contributed by atoms with E-state index >= 15 is 0 Å². The number of piperidine rings is 1. The van der Waals surface area contributed by atoms with Crippen LogP contribution in [0, 0.1) is 0 Å². The van der Waals surface area contributed by atoms with Crippen LogP contribution in [0.4, 0.5) is 10.5 Å². The second-order valence-corrected chi connectivity index (χ2v) is 14.1. The molecule has 1 saturated heterocycles. The maximum atomic E-state index is 13.2. The van der Waals surface area contributed by atoms with Crippen LogP contribution in [0.5, 0.6) is 0 Å². The number of hydrogen-bond acceptors (Lipinski definition) is 14. The van der Waals surface area contributed by atoms with Crippen LogP contribution in [0.1, 0.15) is 50.6 Å². The molecular formula is C44H54N4O13. The Bertz CT molecular complexity index is 1900. The molecule has 61 heavy (non-hydrogen) atoms. The first-order chi connectivity index (χ1) is 29.9. The minimum absolute atomic E-state index is 0.0211. The van der Waals surface area contributed by atoms with Gasteiger partial charge >= 0.3 is 6.09 Å². The molecule has 3 N–H and O–H groups in total. The lowest BCUT2D eigenvalue weighted by atomic mass is 9.98. The van der Waals surface area contributed by atoms with Crippen LogP contribution in [0.25, 0.3) is 11.1 Å². The fourth-order valence-corrected chi connectivity index (χ4v) is 7.22. The first kappa shape index (κ1) is 45.3. The third kappa shape index (κ3) is 12.9. The molecule has 0 aromatic heterocycles. The number of carbonyl (C=O) groups is 5. The predicted octanol–water partition coefficient (Wildman–Crippen LogP) is 3.15. The van der Waals surface area contributed by atoms with Crippen LogP contribution in [0.2, 0.25) is 0 Å². The molecule has 0 radical (unpaired) electrons. The summed E-state index contributed by atoms with van der Waals surface area (Å²) in [6, 6.07) is 20.3. The summed E-state index contributed by atoms with van der Waals surface area (Å²) in [7, 11) is 0. The Balaban J connectivity index is 0.664. The SMILES string of the molecule is O=C1CCC(N2C(=O)c3cccc(NCCOCCOCCOCCOCCOCCOCCOCCNC(=O)OCC4c5ccccc5-c5ccccc54)c3C2=O)C(=O)N1. The molecule has 0 bridgehead atoms. The number of hydrogen-bond donors (Lipinski definition) is 3. The standard InChI is InChI=1S/C44H54N4O13/c49-39-13-12-38(41(50)47-39)48-42(51)35-10-5-11-37(40(35)43(48)52)45-14-16-54-18-20-56-22-24-58-26-28-60-29-27-59-25-23-57-21-19-55-17-15-46-44(53)61-30-36-33-8-3-1-6-31(33)32-7-2-4-9-34(32)36/h1-11,36,38,45H,12-30H2,(H,46,53)(H,47,49,50). The van der Waals surface area contributed by atoms with Crippen molar-refractivity contribution >= 4 is 35.4 Å². The zero-order valence-corrected chi connectivity index (χ0v) is 34.2. The summed E-state index contributed by atoms with van der Waals surface area (Å²) >= 11 is 0. The normalized spacial score (nSPS) is 15.7. The first-order valence-electron chi connectivity index (χ1n) is 20.7. The molecule has 1 unspecified atom stereocenters. The van der Waals surface area contributed by atoms with Crippen molar-refractivity contribution in [1.29, 1.82) is 0 Å². The van der Waals surface area contributed by atoms with Gasteiger partial charge < -0.3 is 48.5 Å². The highest BCUT2D eigenvalue weighted by molar-refractivity contribution is 6.25. The van der Waals surface area contributed by atoms with E-state index in [1.54, 1.807) is 18.2 Å². The van der Waals surface area contributed by atoms with Gasteiger partial charge in [0.25, 0.3) is 11.8 Å². The highest BCUT2D eigenvalue weighted by Gasteiger charge is 2.45. The van der Waals surface area contributed by atoms with Gasteiger partial charge in [-0.3, -0.25) is 29.4 Å². The van der Waals surface area contributed by atoms with Crippen LogP contribution >= 0.6 is 0 Å². The average Bonchev–Trinajstić information content (AvgIpc) is 3.72. The molecule has 1 aliphatic carbocycles. The van der Waals surface area contributed by atoms with Crippen LogP contribution in [-0.4, -0.2) is 153 Å². The fraction of sp³-hybridized carbons (Fsp3) is 0.477. The topological polar surface area (TPSA) is 199 Å². The number of imide groups is 2. The van der Waals surface area contributed by atoms with Gasteiger partial charge in [0.1, 0.15) is 12.6 Å². The lowest BCUT2D eigenvalue weighted by Gasteiger charge is -2.27. The monoisotopic (exact) mass is 846 g/mol. The smallest absolute Gasteiger partial charge is 0.407 e. The molecule has 2 heterocycles. The van der Waals surface area contributed by atoms with Crippen LogP contribution < -0.4 is 16.0 Å². The number of anilines is 1. The summed E-state index contributed by atoms with van der Waals surface area (Å²) in [5.41, 5.74) is 5.62. The van der Waals surface area contributed by atoms with Gasteiger partial charge in [-0.15, -0.1) is 0 Å². The largest absolute Gasteiger partial charge is 0.449 e.